The van der Waals surface area contributed by atoms with Gasteiger partial charge in [-0.05, 0) is 43.7 Å². The van der Waals surface area contributed by atoms with Crippen LogP contribution >= 0.6 is 11.6 Å². The molecular weight excluding hydrogens is 290 g/mol. The second-order valence-corrected chi connectivity index (χ2v) is 5.19. The van der Waals surface area contributed by atoms with Crippen molar-refractivity contribution in [2.24, 2.45) is 0 Å². The second-order valence-electron chi connectivity index (χ2n) is 4.85. The number of allylic oxidation sites excluding steroid dienone is 1. The molecule has 2 heterocycles. The van der Waals surface area contributed by atoms with Crippen molar-refractivity contribution in [3.05, 3.63) is 29.6 Å². The van der Waals surface area contributed by atoms with Gasteiger partial charge in [-0.15, -0.1) is 0 Å². The van der Waals surface area contributed by atoms with Crippen LogP contribution in [0, 0.1) is 0 Å². The van der Waals surface area contributed by atoms with E-state index in [0.29, 0.717) is 11.9 Å². The van der Waals surface area contributed by atoms with E-state index < -0.39 is 0 Å². The SMILES string of the molecule is Clc1nc(NCCC2=CCCCC2)nc(-n2cncn2)n1. The second kappa shape index (κ2) is 6.62. The van der Waals surface area contributed by atoms with E-state index in [4.69, 9.17) is 11.6 Å². The Kier molecular flexibility index (Phi) is 4.40. The quantitative estimate of drug-likeness (QED) is 0.854. The van der Waals surface area contributed by atoms with Crippen molar-refractivity contribution in [1.82, 2.24) is 29.7 Å². The van der Waals surface area contributed by atoms with Crippen molar-refractivity contribution in [2.75, 3.05) is 11.9 Å². The Labute approximate surface area is 127 Å². The van der Waals surface area contributed by atoms with Crippen LogP contribution in [0.2, 0.25) is 5.28 Å². The fourth-order valence-electron chi connectivity index (χ4n) is 2.30. The number of hydrogen-bond donors (Lipinski definition) is 1. The lowest BCUT2D eigenvalue weighted by atomic mass is 9.97. The van der Waals surface area contributed by atoms with E-state index in [1.54, 1.807) is 0 Å². The highest BCUT2D eigenvalue weighted by molar-refractivity contribution is 6.28. The molecule has 110 valence electrons. The molecule has 0 unspecified atom stereocenters. The lowest BCUT2D eigenvalue weighted by molar-refractivity contribution is 0.678. The molecule has 0 aliphatic heterocycles. The monoisotopic (exact) mass is 305 g/mol. The summed E-state index contributed by atoms with van der Waals surface area (Å²) in [4.78, 5) is 16.2. The van der Waals surface area contributed by atoms with Gasteiger partial charge in [0.1, 0.15) is 12.7 Å². The predicted molar refractivity (Wildman–Crippen MR) is 79.4 cm³/mol. The molecule has 8 heteroatoms. The standard InChI is InChI=1S/C13H16ClN7/c14-11-18-12(16-7-6-10-4-2-1-3-5-10)20-13(19-11)21-9-15-8-17-21/h4,8-9H,1-3,5-7H2,(H,16,18,19,20). The molecule has 21 heavy (non-hydrogen) atoms. The first-order valence-electron chi connectivity index (χ1n) is 6.99. The fourth-order valence-corrected chi connectivity index (χ4v) is 2.45. The molecule has 1 N–H and O–H groups in total. The number of rotatable bonds is 5. The average Bonchev–Trinajstić information content (AvgIpc) is 3.02. The van der Waals surface area contributed by atoms with Gasteiger partial charge in [-0.1, -0.05) is 11.6 Å². The normalized spacial score (nSPS) is 14.8. The first-order chi connectivity index (χ1) is 10.3. The van der Waals surface area contributed by atoms with Gasteiger partial charge in [-0.2, -0.15) is 24.7 Å². The number of hydrogen-bond acceptors (Lipinski definition) is 6. The number of anilines is 1. The predicted octanol–water partition coefficient (Wildman–Crippen LogP) is 2.41. The number of aromatic nitrogens is 6. The van der Waals surface area contributed by atoms with Gasteiger partial charge in [-0.25, -0.2) is 4.98 Å². The number of nitrogens with one attached hydrogen (secondary N) is 1. The summed E-state index contributed by atoms with van der Waals surface area (Å²) in [7, 11) is 0. The van der Waals surface area contributed by atoms with Crippen LogP contribution in [0.4, 0.5) is 5.95 Å². The van der Waals surface area contributed by atoms with Crippen LogP contribution < -0.4 is 5.32 Å². The molecule has 0 aromatic carbocycles. The van der Waals surface area contributed by atoms with Crippen LogP contribution in [0.15, 0.2) is 24.3 Å². The Morgan fingerprint density at radius 2 is 2.19 bits per heavy atom. The third-order valence-electron chi connectivity index (χ3n) is 3.33. The zero-order valence-electron chi connectivity index (χ0n) is 11.5. The lowest BCUT2D eigenvalue weighted by Crippen LogP contribution is -2.11. The fraction of sp³-hybridized carbons (Fsp3) is 0.462. The van der Waals surface area contributed by atoms with Crippen LogP contribution in [0.25, 0.3) is 5.95 Å². The molecule has 1 aliphatic carbocycles. The van der Waals surface area contributed by atoms with Crippen molar-refractivity contribution in [2.45, 2.75) is 32.1 Å². The highest BCUT2D eigenvalue weighted by atomic mass is 35.5. The van der Waals surface area contributed by atoms with Gasteiger partial charge >= 0.3 is 0 Å². The Balaban J connectivity index is 1.64. The maximum absolute atomic E-state index is 5.92. The summed E-state index contributed by atoms with van der Waals surface area (Å²) in [5.41, 5.74) is 1.51. The zero-order chi connectivity index (χ0) is 14.5. The molecule has 0 amide bonds. The van der Waals surface area contributed by atoms with Crippen LogP contribution in [0.3, 0.4) is 0 Å². The lowest BCUT2D eigenvalue weighted by Gasteiger charge is -2.13. The maximum atomic E-state index is 5.92. The van der Waals surface area contributed by atoms with Crippen molar-refractivity contribution < 1.29 is 0 Å². The van der Waals surface area contributed by atoms with Crippen molar-refractivity contribution in [1.29, 1.82) is 0 Å². The van der Waals surface area contributed by atoms with E-state index in [9.17, 15) is 0 Å². The third-order valence-corrected chi connectivity index (χ3v) is 3.50. The molecule has 2 aromatic rings. The summed E-state index contributed by atoms with van der Waals surface area (Å²) >= 11 is 5.92. The molecule has 3 rings (SSSR count). The highest BCUT2D eigenvalue weighted by Gasteiger charge is 2.08. The summed E-state index contributed by atoms with van der Waals surface area (Å²) in [6.45, 7) is 0.781. The molecule has 0 saturated carbocycles. The summed E-state index contributed by atoms with van der Waals surface area (Å²) in [5, 5.41) is 7.30. The Bertz CT molecular complexity index is 623. The van der Waals surface area contributed by atoms with Gasteiger partial charge in [0.15, 0.2) is 0 Å². The summed E-state index contributed by atoms with van der Waals surface area (Å²) in [6, 6.07) is 0. The molecular formula is C13H16ClN7. The first-order valence-corrected chi connectivity index (χ1v) is 7.37. The van der Waals surface area contributed by atoms with Crippen molar-refractivity contribution in [3.63, 3.8) is 0 Å². The van der Waals surface area contributed by atoms with Gasteiger partial charge in [0, 0.05) is 6.54 Å². The first kappa shape index (κ1) is 13.9. The summed E-state index contributed by atoms with van der Waals surface area (Å²) in [6.07, 6.45) is 11.3. The Hall–Kier alpha value is -2.02. The molecule has 0 atom stereocenters. The Morgan fingerprint density at radius 1 is 1.24 bits per heavy atom. The van der Waals surface area contributed by atoms with E-state index in [0.717, 1.165) is 13.0 Å². The molecule has 0 spiro atoms. The van der Waals surface area contributed by atoms with Crippen molar-refractivity contribution in [3.8, 4) is 5.95 Å². The van der Waals surface area contributed by atoms with Crippen LogP contribution in [-0.4, -0.2) is 36.3 Å². The van der Waals surface area contributed by atoms with Crippen LogP contribution in [0.1, 0.15) is 32.1 Å². The van der Waals surface area contributed by atoms with Crippen LogP contribution in [0.5, 0.6) is 0 Å². The highest BCUT2D eigenvalue weighted by Crippen LogP contribution is 2.20. The molecule has 0 bridgehead atoms. The van der Waals surface area contributed by atoms with Gasteiger partial charge in [0.25, 0.3) is 5.95 Å². The van der Waals surface area contributed by atoms with E-state index in [1.807, 2.05) is 0 Å². The molecule has 0 saturated heterocycles. The molecule has 2 aromatic heterocycles. The zero-order valence-corrected chi connectivity index (χ0v) is 12.3. The van der Waals surface area contributed by atoms with Crippen molar-refractivity contribution >= 4 is 17.5 Å². The largest absolute Gasteiger partial charge is 0.354 e. The molecule has 7 nitrogen and oxygen atoms in total. The number of nitrogens with zero attached hydrogens (tertiary/aromatic N) is 6. The molecule has 0 radical (unpaired) electrons. The van der Waals surface area contributed by atoms with Gasteiger partial charge in [0.2, 0.25) is 11.2 Å². The van der Waals surface area contributed by atoms with E-state index in [1.165, 1.54) is 48.6 Å². The minimum atomic E-state index is 0.134. The minimum absolute atomic E-state index is 0.134. The smallest absolute Gasteiger partial charge is 0.258 e. The maximum Gasteiger partial charge on any atom is 0.258 e. The van der Waals surface area contributed by atoms with E-state index in [2.05, 4.69) is 36.4 Å². The average molecular weight is 306 g/mol. The number of halogens is 1. The van der Waals surface area contributed by atoms with Gasteiger partial charge < -0.3 is 5.32 Å². The summed E-state index contributed by atoms with van der Waals surface area (Å²) < 4.78 is 1.45. The van der Waals surface area contributed by atoms with E-state index in [-0.39, 0.29) is 5.28 Å². The minimum Gasteiger partial charge on any atom is -0.354 e. The molecule has 0 fully saturated rings. The summed E-state index contributed by atoms with van der Waals surface area (Å²) in [5.74, 6) is 0.809. The van der Waals surface area contributed by atoms with Gasteiger partial charge in [0.05, 0.1) is 0 Å². The Morgan fingerprint density at radius 3 is 2.95 bits per heavy atom. The third kappa shape index (κ3) is 3.75. The van der Waals surface area contributed by atoms with Crippen LogP contribution in [-0.2, 0) is 0 Å². The van der Waals surface area contributed by atoms with E-state index >= 15 is 0 Å². The topological polar surface area (TPSA) is 81.4 Å². The molecule has 1 aliphatic rings. The van der Waals surface area contributed by atoms with Gasteiger partial charge in [-0.3, -0.25) is 0 Å².